The molecule has 0 bridgehead atoms. The zero-order valence-corrected chi connectivity index (χ0v) is 21.0. The number of carbonyl (C=O) groups excluding carboxylic acids is 1. The summed E-state index contributed by atoms with van der Waals surface area (Å²) in [5.74, 6) is -0.915. The van der Waals surface area contributed by atoms with Gasteiger partial charge in [0.15, 0.2) is 5.69 Å². The van der Waals surface area contributed by atoms with Crippen molar-refractivity contribution in [2.45, 2.75) is 16.7 Å². The molecule has 0 aliphatic heterocycles. The van der Waals surface area contributed by atoms with Gasteiger partial charge in [-0.3, -0.25) is 9.10 Å². The molecule has 0 saturated heterocycles. The normalized spacial score (nSPS) is 11.9. The maximum Gasteiger partial charge on any atom is 0.285 e. The zero-order valence-electron chi connectivity index (χ0n) is 19.4. The Kier molecular flexibility index (Phi) is 6.95. The molecule has 0 fully saturated rings. The minimum absolute atomic E-state index is 0.0623. The second-order valence-electron chi connectivity index (χ2n) is 7.86. The Morgan fingerprint density at radius 1 is 1.03 bits per heavy atom. The molecule has 0 saturated carbocycles. The van der Waals surface area contributed by atoms with Crippen molar-refractivity contribution >= 4 is 50.0 Å². The summed E-state index contributed by atoms with van der Waals surface area (Å²) in [6.45, 7) is 1.34. The quantitative estimate of drug-likeness (QED) is 0.265. The lowest BCUT2D eigenvalue weighted by Crippen LogP contribution is -2.35. The van der Waals surface area contributed by atoms with Crippen LogP contribution >= 0.6 is 11.8 Å². The lowest BCUT2D eigenvalue weighted by molar-refractivity contribution is -0.116. The molecule has 0 unspecified atom stereocenters. The third kappa shape index (κ3) is 4.94. The number of rotatable bonds is 7. The zero-order chi connectivity index (χ0) is 25.2. The molecule has 1 amide bonds. The van der Waals surface area contributed by atoms with Crippen LogP contribution in [0, 0.1) is 6.92 Å². The van der Waals surface area contributed by atoms with Crippen molar-refractivity contribution in [3.63, 3.8) is 0 Å². The molecule has 35 heavy (non-hydrogen) atoms. The average Bonchev–Trinajstić information content (AvgIpc) is 3.11. The lowest BCUT2D eigenvalue weighted by atomic mass is 10.2. The van der Waals surface area contributed by atoms with E-state index in [1.807, 2.05) is 25.3 Å². The van der Waals surface area contributed by atoms with Crippen molar-refractivity contribution in [3.05, 3.63) is 78.4 Å². The predicted octanol–water partition coefficient (Wildman–Crippen LogP) is 5.42. The monoisotopic (exact) mass is 508 g/mol. The number of aryl methyl sites for hydroxylation is 2. The molecule has 1 heterocycles. The molecule has 180 valence electrons. The number of aromatic nitrogens is 1. The van der Waals surface area contributed by atoms with Gasteiger partial charge in [0.05, 0.1) is 16.1 Å². The number of thioether (sulfide) groups is 1. The summed E-state index contributed by atoms with van der Waals surface area (Å²) in [5.41, 5.74) is 2.16. The van der Waals surface area contributed by atoms with Gasteiger partial charge in [-0.25, -0.2) is 8.42 Å². The van der Waals surface area contributed by atoms with E-state index >= 15 is 0 Å². The Labute approximate surface area is 208 Å². The summed E-state index contributed by atoms with van der Waals surface area (Å²) in [4.78, 5) is 13.8. The molecule has 1 aromatic heterocycles. The number of carbonyl (C=O) groups is 1. The third-order valence-electron chi connectivity index (χ3n) is 5.56. The molecule has 4 aromatic rings. The second-order valence-corrected chi connectivity index (χ2v) is 10.6. The molecule has 0 radical (unpaired) electrons. The van der Waals surface area contributed by atoms with Gasteiger partial charge in [-0.15, -0.1) is 22.0 Å². The van der Waals surface area contributed by atoms with Crippen LogP contribution < -0.4 is 4.31 Å². The van der Waals surface area contributed by atoms with E-state index < -0.39 is 22.5 Å². The summed E-state index contributed by atoms with van der Waals surface area (Å²) in [5, 5.41) is 18.8. The van der Waals surface area contributed by atoms with Crippen LogP contribution in [0.3, 0.4) is 0 Å². The van der Waals surface area contributed by atoms with Gasteiger partial charge < -0.3 is 9.67 Å². The number of hydrogen-bond acceptors (Lipinski definition) is 6. The smallest absolute Gasteiger partial charge is 0.285 e. The van der Waals surface area contributed by atoms with E-state index in [0.717, 1.165) is 20.3 Å². The van der Waals surface area contributed by atoms with Crippen LogP contribution in [0.5, 0.6) is 5.88 Å². The van der Waals surface area contributed by atoms with Gasteiger partial charge in [0, 0.05) is 17.3 Å². The minimum atomic E-state index is -4.06. The highest BCUT2D eigenvalue weighted by molar-refractivity contribution is 7.98. The molecule has 8 nitrogen and oxygen atoms in total. The van der Waals surface area contributed by atoms with Crippen molar-refractivity contribution < 1.29 is 18.3 Å². The van der Waals surface area contributed by atoms with Crippen LogP contribution in [0.2, 0.25) is 0 Å². The molecule has 1 N–H and O–H groups in total. The number of anilines is 1. The number of benzene rings is 3. The standard InChI is InChI=1S/C25H24N4O4S2/c1-17-8-10-18(11-9-17)29(35(32,33)20-14-12-19(34-3)13-15-20)16-23(30)26-27-24-21-6-4-5-7-22(21)28(2)25(24)31/h4-15,31H,16H2,1-3H3. The Hall–Kier alpha value is -3.63. The molecule has 4 rings (SSSR count). The Morgan fingerprint density at radius 2 is 1.69 bits per heavy atom. The fourth-order valence-electron chi connectivity index (χ4n) is 3.62. The van der Waals surface area contributed by atoms with Crippen LogP contribution in [0.15, 0.2) is 92.8 Å². The van der Waals surface area contributed by atoms with E-state index in [0.29, 0.717) is 11.1 Å². The number of azo groups is 1. The van der Waals surface area contributed by atoms with E-state index in [1.54, 1.807) is 55.6 Å². The first-order valence-corrected chi connectivity index (χ1v) is 13.3. The SMILES string of the molecule is CSc1ccc(S(=O)(=O)N(CC(=O)N=Nc2c(O)n(C)c3ccccc23)c2ccc(C)cc2)cc1. The van der Waals surface area contributed by atoms with Crippen LogP contribution in [0.1, 0.15) is 5.56 Å². The summed E-state index contributed by atoms with van der Waals surface area (Å²) < 4.78 is 29.6. The number of para-hydroxylation sites is 1. The van der Waals surface area contributed by atoms with Gasteiger partial charge in [-0.1, -0.05) is 35.9 Å². The minimum Gasteiger partial charge on any atom is -0.493 e. The number of amides is 1. The maximum absolute atomic E-state index is 13.5. The summed E-state index contributed by atoms with van der Waals surface area (Å²) in [6.07, 6.45) is 1.90. The largest absolute Gasteiger partial charge is 0.493 e. The fourth-order valence-corrected chi connectivity index (χ4v) is 5.44. The third-order valence-corrected chi connectivity index (χ3v) is 8.09. The van der Waals surface area contributed by atoms with Crippen molar-refractivity contribution in [3.8, 4) is 5.88 Å². The van der Waals surface area contributed by atoms with Crippen LogP contribution in [0.4, 0.5) is 11.4 Å². The van der Waals surface area contributed by atoms with Crippen molar-refractivity contribution in [1.29, 1.82) is 0 Å². The molecule has 0 aliphatic carbocycles. The molecule has 3 aromatic carbocycles. The Morgan fingerprint density at radius 3 is 2.34 bits per heavy atom. The van der Waals surface area contributed by atoms with Crippen LogP contribution in [-0.4, -0.2) is 36.8 Å². The highest BCUT2D eigenvalue weighted by Crippen LogP contribution is 2.37. The summed E-state index contributed by atoms with van der Waals surface area (Å²) in [6, 6.07) is 20.5. The highest BCUT2D eigenvalue weighted by Gasteiger charge is 2.27. The number of sulfonamides is 1. The van der Waals surface area contributed by atoms with E-state index in [-0.39, 0.29) is 16.5 Å². The number of aromatic hydroxyl groups is 1. The Balaban J connectivity index is 1.68. The van der Waals surface area contributed by atoms with Gasteiger partial charge in [0.25, 0.3) is 15.9 Å². The highest BCUT2D eigenvalue weighted by atomic mass is 32.2. The number of hydrogen-bond donors (Lipinski definition) is 1. The maximum atomic E-state index is 13.5. The first kappa shape index (κ1) is 24.5. The van der Waals surface area contributed by atoms with Crippen molar-refractivity contribution in [2.24, 2.45) is 17.3 Å². The first-order valence-electron chi connectivity index (χ1n) is 10.7. The summed E-state index contributed by atoms with van der Waals surface area (Å²) in [7, 11) is -2.39. The topological polar surface area (TPSA) is 104 Å². The summed E-state index contributed by atoms with van der Waals surface area (Å²) >= 11 is 1.50. The van der Waals surface area contributed by atoms with E-state index in [2.05, 4.69) is 10.2 Å². The van der Waals surface area contributed by atoms with Gasteiger partial charge in [-0.2, -0.15) is 0 Å². The van der Waals surface area contributed by atoms with E-state index in [1.165, 1.54) is 28.5 Å². The Bertz CT molecular complexity index is 1510. The van der Waals surface area contributed by atoms with Gasteiger partial charge in [0.1, 0.15) is 6.54 Å². The van der Waals surface area contributed by atoms with Crippen LogP contribution in [0.25, 0.3) is 10.9 Å². The van der Waals surface area contributed by atoms with E-state index in [4.69, 9.17) is 0 Å². The number of nitrogens with zero attached hydrogens (tertiary/aromatic N) is 4. The molecular formula is C25H24N4O4S2. The van der Waals surface area contributed by atoms with Crippen molar-refractivity contribution in [2.75, 3.05) is 17.1 Å². The predicted molar refractivity (Wildman–Crippen MR) is 138 cm³/mol. The van der Waals surface area contributed by atoms with Crippen LogP contribution in [-0.2, 0) is 21.9 Å². The number of fused-ring (bicyclic) bond motifs is 1. The molecule has 0 aliphatic rings. The molecular weight excluding hydrogens is 484 g/mol. The lowest BCUT2D eigenvalue weighted by Gasteiger charge is -2.23. The molecule has 10 heteroatoms. The van der Waals surface area contributed by atoms with Gasteiger partial charge in [-0.05, 0) is 55.6 Å². The van der Waals surface area contributed by atoms with Gasteiger partial charge in [0.2, 0.25) is 5.88 Å². The fraction of sp³-hybridized carbons (Fsp3) is 0.160. The second kappa shape index (κ2) is 9.93. The van der Waals surface area contributed by atoms with Crippen molar-refractivity contribution in [1.82, 2.24) is 4.57 Å². The van der Waals surface area contributed by atoms with E-state index in [9.17, 15) is 18.3 Å². The molecule has 0 spiro atoms. The molecule has 0 atom stereocenters. The first-order chi connectivity index (χ1) is 16.7. The average molecular weight is 509 g/mol. The van der Waals surface area contributed by atoms with Gasteiger partial charge >= 0.3 is 0 Å².